The SMILES string of the molecule is C=CC(=O)N=C1CCCC[C@H]1N. The molecule has 3 nitrogen and oxygen atoms in total. The minimum absolute atomic E-state index is 0.0114. The van der Waals surface area contributed by atoms with Gasteiger partial charge in [-0.25, -0.2) is 4.99 Å². The van der Waals surface area contributed by atoms with Gasteiger partial charge >= 0.3 is 0 Å². The van der Waals surface area contributed by atoms with E-state index in [2.05, 4.69) is 11.6 Å². The van der Waals surface area contributed by atoms with Crippen LogP contribution in [-0.2, 0) is 4.79 Å². The van der Waals surface area contributed by atoms with Crippen LogP contribution in [0, 0.1) is 0 Å². The third-order valence-corrected chi connectivity index (χ3v) is 2.05. The van der Waals surface area contributed by atoms with Crippen LogP contribution in [0.3, 0.4) is 0 Å². The van der Waals surface area contributed by atoms with Crippen molar-refractivity contribution in [1.29, 1.82) is 0 Å². The number of nitrogens with zero attached hydrogens (tertiary/aromatic N) is 1. The predicted octanol–water partition coefficient (Wildman–Crippen LogP) is 1.04. The lowest BCUT2D eigenvalue weighted by Crippen LogP contribution is -2.33. The minimum atomic E-state index is -0.276. The molecular weight excluding hydrogens is 152 g/mol. The van der Waals surface area contributed by atoms with Crippen molar-refractivity contribution in [3.63, 3.8) is 0 Å². The molecule has 1 fully saturated rings. The first-order valence-electron chi connectivity index (χ1n) is 4.23. The fraction of sp³-hybridized carbons (Fsp3) is 0.556. The van der Waals surface area contributed by atoms with Gasteiger partial charge in [-0.1, -0.05) is 13.0 Å². The quantitative estimate of drug-likeness (QED) is 0.592. The van der Waals surface area contributed by atoms with E-state index in [0.717, 1.165) is 31.4 Å². The molecule has 0 bridgehead atoms. The lowest BCUT2D eigenvalue weighted by Gasteiger charge is -2.19. The Morgan fingerprint density at radius 3 is 3.00 bits per heavy atom. The van der Waals surface area contributed by atoms with Gasteiger partial charge in [-0.3, -0.25) is 4.79 Å². The van der Waals surface area contributed by atoms with Crippen LogP contribution in [0.25, 0.3) is 0 Å². The molecule has 0 aromatic heterocycles. The van der Waals surface area contributed by atoms with E-state index in [9.17, 15) is 4.79 Å². The molecule has 0 spiro atoms. The Kier molecular flexibility index (Phi) is 3.17. The van der Waals surface area contributed by atoms with Crippen molar-refractivity contribution in [1.82, 2.24) is 0 Å². The number of hydrogen-bond donors (Lipinski definition) is 1. The Hall–Kier alpha value is -0.960. The van der Waals surface area contributed by atoms with E-state index in [1.807, 2.05) is 0 Å². The second kappa shape index (κ2) is 4.16. The third-order valence-electron chi connectivity index (χ3n) is 2.05. The molecule has 12 heavy (non-hydrogen) atoms. The molecule has 1 saturated carbocycles. The highest BCUT2D eigenvalue weighted by Gasteiger charge is 2.16. The van der Waals surface area contributed by atoms with Crippen LogP contribution in [0.2, 0.25) is 0 Å². The first-order valence-corrected chi connectivity index (χ1v) is 4.23. The average molecular weight is 166 g/mol. The molecule has 0 aliphatic heterocycles. The van der Waals surface area contributed by atoms with Crippen LogP contribution in [0.1, 0.15) is 25.7 Å². The van der Waals surface area contributed by atoms with E-state index in [1.54, 1.807) is 0 Å². The lowest BCUT2D eigenvalue weighted by atomic mass is 9.94. The zero-order valence-corrected chi connectivity index (χ0v) is 7.12. The van der Waals surface area contributed by atoms with E-state index in [0.29, 0.717) is 0 Å². The summed E-state index contributed by atoms with van der Waals surface area (Å²) >= 11 is 0. The Labute approximate surface area is 72.4 Å². The Morgan fingerprint density at radius 2 is 2.42 bits per heavy atom. The lowest BCUT2D eigenvalue weighted by molar-refractivity contribution is -0.113. The molecule has 0 heterocycles. The molecule has 1 aliphatic carbocycles. The largest absolute Gasteiger partial charge is 0.323 e. The van der Waals surface area contributed by atoms with Crippen LogP contribution < -0.4 is 5.73 Å². The number of aliphatic imine (C=N–C) groups is 1. The molecule has 1 amide bonds. The molecule has 0 unspecified atom stereocenters. The fourth-order valence-corrected chi connectivity index (χ4v) is 1.35. The van der Waals surface area contributed by atoms with Gasteiger partial charge in [-0.15, -0.1) is 0 Å². The van der Waals surface area contributed by atoms with Gasteiger partial charge in [0, 0.05) is 11.8 Å². The maximum atomic E-state index is 10.9. The van der Waals surface area contributed by atoms with Crippen molar-refractivity contribution in [2.75, 3.05) is 0 Å². The molecule has 0 saturated heterocycles. The van der Waals surface area contributed by atoms with Crippen LogP contribution in [0.15, 0.2) is 17.6 Å². The molecule has 2 N–H and O–H groups in total. The predicted molar refractivity (Wildman–Crippen MR) is 49.1 cm³/mol. The van der Waals surface area contributed by atoms with Gasteiger partial charge < -0.3 is 5.73 Å². The third kappa shape index (κ3) is 2.27. The Morgan fingerprint density at radius 1 is 1.67 bits per heavy atom. The van der Waals surface area contributed by atoms with Gasteiger partial charge in [0.2, 0.25) is 0 Å². The highest BCUT2D eigenvalue weighted by Crippen LogP contribution is 2.14. The van der Waals surface area contributed by atoms with Crippen LogP contribution in [-0.4, -0.2) is 17.7 Å². The van der Waals surface area contributed by atoms with E-state index in [1.165, 1.54) is 6.08 Å². The number of hydrogen-bond acceptors (Lipinski definition) is 2. The van der Waals surface area contributed by atoms with Crippen molar-refractivity contribution in [3.8, 4) is 0 Å². The highest BCUT2D eigenvalue weighted by atomic mass is 16.1. The van der Waals surface area contributed by atoms with E-state index in [-0.39, 0.29) is 11.9 Å². The van der Waals surface area contributed by atoms with E-state index >= 15 is 0 Å². The van der Waals surface area contributed by atoms with Crippen molar-refractivity contribution >= 4 is 11.6 Å². The fourth-order valence-electron chi connectivity index (χ4n) is 1.35. The minimum Gasteiger partial charge on any atom is -0.323 e. The molecular formula is C9H14N2O. The summed E-state index contributed by atoms with van der Waals surface area (Å²) in [6, 6.07) is -0.0114. The number of nitrogens with two attached hydrogens (primary N) is 1. The number of amides is 1. The summed E-state index contributed by atoms with van der Waals surface area (Å²) in [5.41, 5.74) is 6.60. The molecule has 0 radical (unpaired) electrons. The van der Waals surface area contributed by atoms with Crippen molar-refractivity contribution in [2.24, 2.45) is 10.7 Å². The van der Waals surface area contributed by atoms with Gasteiger partial charge in [0.25, 0.3) is 5.91 Å². The molecule has 1 atom stereocenters. The summed E-state index contributed by atoms with van der Waals surface area (Å²) in [4.78, 5) is 14.7. The van der Waals surface area contributed by atoms with Crippen LogP contribution >= 0.6 is 0 Å². The van der Waals surface area contributed by atoms with Gasteiger partial charge in [0.1, 0.15) is 0 Å². The first-order chi connectivity index (χ1) is 5.74. The summed E-state index contributed by atoms with van der Waals surface area (Å²) in [5.74, 6) is -0.276. The molecule has 1 aliphatic rings. The maximum Gasteiger partial charge on any atom is 0.269 e. The van der Waals surface area contributed by atoms with Gasteiger partial charge in [0.15, 0.2) is 0 Å². The van der Waals surface area contributed by atoms with Crippen LogP contribution in [0.5, 0.6) is 0 Å². The van der Waals surface area contributed by atoms with Crippen molar-refractivity contribution in [3.05, 3.63) is 12.7 Å². The second-order valence-corrected chi connectivity index (χ2v) is 3.00. The smallest absolute Gasteiger partial charge is 0.269 e. The summed E-state index contributed by atoms with van der Waals surface area (Å²) < 4.78 is 0. The summed E-state index contributed by atoms with van der Waals surface area (Å²) in [6.07, 6.45) is 5.26. The Balaban J connectivity index is 2.64. The van der Waals surface area contributed by atoms with E-state index in [4.69, 9.17) is 5.73 Å². The summed E-state index contributed by atoms with van der Waals surface area (Å²) in [5, 5.41) is 0. The summed E-state index contributed by atoms with van der Waals surface area (Å²) in [6.45, 7) is 3.35. The zero-order chi connectivity index (χ0) is 8.97. The first kappa shape index (κ1) is 9.13. The van der Waals surface area contributed by atoms with Crippen molar-refractivity contribution in [2.45, 2.75) is 31.7 Å². The van der Waals surface area contributed by atoms with Gasteiger partial charge in [-0.2, -0.15) is 0 Å². The highest BCUT2D eigenvalue weighted by molar-refractivity contribution is 6.02. The molecule has 0 aromatic rings. The zero-order valence-electron chi connectivity index (χ0n) is 7.12. The second-order valence-electron chi connectivity index (χ2n) is 3.00. The molecule has 3 heteroatoms. The van der Waals surface area contributed by atoms with Gasteiger partial charge in [0.05, 0.1) is 0 Å². The number of carbonyl (C=O) groups is 1. The van der Waals surface area contributed by atoms with Crippen LogP contribution in [0.4, 0.5) is 0 Å². The maximum absolute atomic E-state index is 10.9. The molecule has 1 rings (SSSR count). The normalized spacial score (nSPS) is 27.1. The monoisotopic (exact) mass is 166 g/mol. The number of carbonyl (C=O) groups excluding carboxylic acids is 1. The molecule has 0 aromatic carbocycles. The Bertz CT molecular complexity index is 221. The topological polar surface area (TPSA) is 55.5 Å². The van der Waals surface area contributed by atoms with Gasteiger partial charge in [-0.05, 0) is 25.3 Å². The number of rotatable bonds is 1. The van der Waals surface area contributed by atoms with Crippen molar-refractivity contribution < 1.29 is 4.79 Å². The standard InChI is InChI=1S/C9H14N2O/c1-2-9(12)11-8-6-4-3-5-7(8)10/h2,7H,1,3-6,10H2/t7-/m1/s1. The molecule has 66 valence electrons. The summed E-state index contributed by atoms with van der Waals surface area (Å²) in [7, 11) is 0. The average Bonchev–Trinajstić information content (AvgIpc) is 2.09. The van der Waals surface area contributed by atoms with E-state index < -0.39 is 0 Å².